The Hall–Kier alpha value is -3.02. The van der Waals surface area contributed by atoms with Crippen molar-refractivity contribution in [2.75, 3.05) is 31.6 Å². The van der Waals surface area contributed by atoms with Crippen molar-refractivity contribution < 1.29 is 9.59 Å². The maximum Gasteiger partial charge on any atom is 0.317 e. The summed E-state index contributed by atoms with van der Waals surface area (Å²) in [6.45, 7) is 4.80. The predicted octanol–water partition coefficient (Wildman–Crippen LogP) is 4.14. The second-order valence-corrected chi connectivity index (χ2v) is 8.97. The van der Waals surface area contributed by atoms with E-state index >= 15 is 0 Å². The molecular weight excluding hydrogens is 400 g/mol. The highest BCUT2D eigenvalue weighted by Crippen LogP contribution is 2.21. The highest BCUT2D eigenvalue weighted by atomic mass is 16.2. The lowest BCUT2D eigenvalue weighted by atomic mass is 10.1. The van der Waals surface area contributed by atoms with E-state index in [1.165, 1.54) is 24.9 Å². The molecule has 2 saturated heterocycles. The van der Waals surface area contributed by atoms with Crippen LogP contribution in [-0.4, -0.2) is 48.4 Å². The number of piperidine rings is 1. The molecule has 170 valence electrons. The van der Waals surface area contributed by atoms with E-state index in [-0.39, 0.29) is 11.9 Å². The maximum absolute atomic E-state index is 12.6. The third-order valence-corrected chi connectivity index (χ3v) is 6.40. The number of likely N-dealkylation sites (tertiary alicyclic amines) is 1. The van der Waals surface area contributed by atoms with E-state index in [2.05, 4.69) is 40.5 Å². The van der Waals surface area contributed by atoms with Crippen LogP contribution >= 0.6 is 0 Å². The fourth-order valence-corrected chi connectivity index (χ4v) is 4.55. The van der Waals surface area contributed by atoms with E-state index < -0.39 is 0 Å². The van der Waals surface area contributed by atoms with E-state index in [1.54, 1.807) is 4.90 Å². The number of anilines is 1. The molecule has 0 unspecified atom stereocenters. The van der Waals surface area contributed by atoms with Crippen LogP contribution in [0.15, 0.2) is 48.5 Å². The molecule has 3 amide bonds. The molecule has 2 heterocycles. The third-order valence-electron chi connectivity index (χ3n) is 6.40. The molecule has 6 nitrogen and oxygen atoms in total. The molecule has 2 aromatic rings. The van der Waals surface area contributed by atoms with Crippen molar-refractivity contribution in [2.24, 2.45) is 0 Å². The van der Waals surface area contributed by atoms with Crippen molar-refractivity contribution in [1.82, 2.24) is 15.1 Å². The number of hydrogen-bond acceptors (Lipinski definition) is 3. The van der Waals surface area contributed by atoms with Crippen LogP contribution < -0.4 is 10.2 Å². The Kier molecular flexibility index (Phi) is 7.30. The van der Waals surface area contributed by atoms with Crippen LogP contribution in [-0.2, 0) is 24.4 Å². The first kappa shape index (κ1) is 22.2. The monoisotopic (exact) mass is 434 g/mol. The zero-order chi connectivity index (χ0) is 22.3. The zero-order valence-corrected chi connectivity index (χ0v) is 19.1. The molecule has 2 aliphatic rings. The minimum Gasteiger partial charge on any atom is -0.372 e. The molecule has 6 heteroatoms. The summed E-state index contributed by atoms with van der Waals surface area (Å²) in [4.78, 5) is 30.5. The van der Waals surface area contributed by atoms with Gasteiger partial charge >= 0.3 is 6.03 Å². The number of urea groups is 1. The van der Waals surface area contributed by atoms with E-state index in [0.29, 0.717) is 26.1 Å². The maximum atomic E-state index is 12.6. The second kappa shape index (κ2) is 10.5. The number of benzene rings is 2. The van der Waals surface area contributed by atoms with Gasteiger partial charge in [0, 0.05) is 58.4 Å². The summed E-state index contributed by atoms with van der Waals surface area (Å²) in [5, 5.41) is 3.01. The molecule has 0 atom stereocenters. The lowest BCUT2D eigenvalue weighted by molar-refractivity contribution is -0.128. The zero-order valence-electron chi connectivity index (χ0n) is 19.1. The van der Waals surface area contributed by atoms with Crippen LogP contribution in [0.5, 0.6) is 0 Å². The summed E-state index contributed by atoms with van der Waals surface area (Å²) in [7, 11) is 1.82. The molecule has 2 aliphatic heterocycles. The second-order valence-electron chi connectivity index (χ2n) is 8.97. The Morgan fingerprint density at radius 1 is 0.938 bits per heavy atom. The molecule has 1 N–H and O–H groups in total. The van der Waals surface area contributed by atoms with Crippen LogP contribution in [0.1, 0.15) is 48.8 Å². The molecule has 0 spiro atoms. The fraction of sp³-hybridized carbons (Fsp3) is 0.462. The Morgan fingerprint density at radius 3 is 2.41 bits per heavy atom. The van der Waals surface area contributed by atoms with Crippen molar-refractivity contribution in [3.63, 3.8) is 0 Å². The Morgan fingerprint density at radius 2 is 1.69 bits per heavy atom. The number of rotatable bonds is 7. The normalized spacial score (nSPS) is 16.3. The standard InChI is InChI=1S/C26H34N4O2/c1-28(19-21-10-12-24(13-11-21)29-14-3-2-4-15-29)26(32)27-18-22-7-5-8-23(17-22)20-30-16-6-9-25(30)31/h5,7-8,10-13,17H,2-4,6,9,14-16,18-20H2,1H3,(H,27,32). The summed E-state index contributed by atoms with van der Waals surface area (Å²) < 4.78 is 0. The Labute approximate surface area is 191 Å². The van der Waals surface area contributed by atoms with E-state index in [4.69, 9.17) is 0 Å². The van der Waals surface area contributed by atoms with Gasteiger partial charge in [-0.3, -0.25) is 4.79 Å². The van der Waals surface area contributed by atoms with Gasteiger partial charge < -0.3 is 20.0 Å². The molecule has 32 heavy (non-hydrogen) atoms. The highest BCUT2D eigenvalue weighted by molar-refractivity contribution is 5.78. The Balaban J connectivity index is 1.25. The van der Waals surface area contributed by atoms with E-state index in [9.17, 15) is 9.59 Å². The topological polar surface area (TPSA) is 55.9 Å². The number of carbonyl (C=O) groups excluding carboxylic acids is 2. The Bertz CT molecular complexity index is 922. The quantitative estimate of drug-likeness (QED) is 0.713. The highest BCUT2D eigenvalue weighted by Gasteiger charge is 2.20. The number of nitrogens with zero attached hydrogens (tertiary/aromatic N) is 3. The van der Waals surface area contributed by atoms with Crippen molar-refractivity contribution in [3.05, 3.63) is 65.2 Å². The lowest BCUT2D eigenvalue weighted by Crippen LogP contribution is -2.36. The molecule has 2 fully saturated rings. The molecule has 0 aliphatic carbocycles. The van der Waals surface area contributed by atoms with Crippen LogP contribution in [0.2, 0.25) is 0 Å². The van der Waals surface area contributed by atoms with Crippen molar-refractivity contribution in [2.45, 2.75) is 51.7 Å². The van der Waals surface area contributed by atoms with Gasteiger partial charge in [0.25, 0.3) is 0 Å². The first-order valence-electron chi connectivity index (χ1n) is 11.8. The minimum absolute atomic E-state index is 0.0924. The summed E-state index contributed by atoms with van der Waals surface area (Å²) in [5.41, 5.74) is 4.55. The van der Waals surface area contributed by atoms with Gasteiger partial charge in [0.05, 0.1) is 0 Å². The summed E-state index contributed by atoms with van der Waals surface area (Å²) in [6, 6.07) is 16.6. The number of amides is 3. The van der Waals surface area contributed by atoms with Crippen LogP contribution in [0.3, 0.4) is 0 Å². The third kappa shape index (κ3) is 5.81. The van der Waals surface area contributed by atoms with Gasteiger partial charge in [-0.25, -0.2) is 4.79 Å². The summed E-state index contributed by atoms with van der Waals surface area (Å²) >= 11 is 0. The first-order chi connectivity index (χ1) is 15.6. The van der Waals surface area contributed by atoms with Crippen LogP contribution in [0.25, 0.3) is 0 Å². The summed E-state index contributed by atoms with van der Waals surface area (Å²) in [5.74, 6) is 0.231. The van der Waals surface area contributed by atoms with E-state index in [1.807, 2.05) is 30.1 Å². The average Bonchev–Trinajstić information content (AvgIpc) is 3.23. The van der Waals surface area contributed by atoms with Crippen LogP contribution in [0, 0.1) is 0 Å². The van der Waals surface area contributed by atoms with E-state index in [0.717, 1.165) is 42.7 Å². The first-order valence-corrected chi connectivity index (χ1v) is 11.8. The number of nitrogens with one attached hydrogen (secondary N) is 1. The lowest BCUT2D eigenvalue weighted by Gasteiger charge is -2.29. The van der Waals surface area contributed by atoms with Gasteiger partial charge in [0.15, 0.2) is 0 Å². The minimum atomic E-state index is -0.0924. The van der Waals surface area contributed by atoms with Gasteiger partial charge in [0.1, 0.15) is 0 Å². The average molecular weight is 435 g/mol. The molecule has 0 radical (unpaired) electrons. The predicted molar refractivity (Wildman–Crippen MR) is 127 cm³/mol. The summed E-state index contributed by atoms with van der Waals surface area (Å²) in [6.07, 6.45) is 5.47. The number of hydrogen-bond donors (Lipinski definition) is 1. The van der Waals surface area contributed by atoms with Crippen molar-refractivity contribution >= 4 is 17.6 Å². The smallest absolute Gasteiger partial charge is 0.317 e. The molecule has 0 aromatic heterocycles. The van der Waals surface area contributed by atoms with Gasteiger partial charge in [-0.2, -0.15) is 0 Å². The van der Waals surface area contributed by atoms with Crippen molar-refractivity contribution in [1.29, 1.82) is 0 Å². The fourth-order valence-electron chi connectivity index (χ4n) is 4.55. The largest absolute Gasteiger partial charge is 0.372 e. The molecule has 0 saturated carbocycles. The molecular formula is C26H34N4O2. The molecule has 4 rings (SSSR count). The van der Waals surface area contributed by atoms with Crippen LogP contribution in [0.4, 0.5) is 10.5 Å². The van der Waals surface area contributed by atoms with Gasteiger partial charge in [-0.15, -0.1) is 0 Å². The van der Waals surface area contributed by atoms with Gasteiger partial charge in [-0.05, 0) is 54.5 Å². The molecule has 0 bridgehead atoms. The molecule has 2 aromatic carbocycles. The van der Waals surface area contributed by atoms with Crippen molar-refractivity contribution in [3.8, 4) is 0 Å². The SMILES string of the molecule is CN(Cc1ccc(N2CCCCC2)cc1)C(=O)NCc1cccc(CN2CCCC2=O)c1. The number of carbonyl (C=O) groups is 2. The van der Waals surface area contributed by atoms with Gasteiger partial charge in [0.2, 0.25) is 5.91 Å². The van der Waals surface area contributed by atoms with Gasteiger partial charge in [-0.1, -0.05) is 36.4 Å².